The van der Waals surface area contributed by atoms with E-state index in [0.717, 1.165) is 22.0 Å². The van der Waals surface area contributed by atoms with Crippen LogP contribution in [0.4, 0.5) is 0 Å². The van der Waals surface area contributed by atoms with Crippen molar-refractivity contribution in [1.29, 1.82) is 0 Å². The maximum absolute atomic E-state index is 12.1. The van der Waals surface area contributed by atoms with Crippen LogP contribution in [-0.2, 0) is 7.05 Å². The van der Waals surface area contributed by atoms with E-state index in [1.807, 2.05) is 36.0 Å². The number of amides is 1. The van der Waals surface area contributed by atoms with Crippen LogP contribution in [0.15, 0.2) is 31.0 Å². The number of fused-ring (bicyclic) bond motifs is 1. The molecule has 0 aliphatic heterocycles. The second kappa shape index (κ2) is 4.09. The monoisotopic (exact) mass is 228 g/mol. The van der Waals surface area contributed by atoms with Crippen LogP contribution in [0.3, 0.4) is 0 Å². The van der Waals surface area contributed by atoms with Crippen LogP contribution < -0.4 is 0 Å². The summed E-state index contributed by atoms with van der Waals surface area (Å²) in [7, 11) is 5.47. The Morgan fingerprint density at radius 3 is 2.71 bits per heavy atom. The lowest BCUT2D eigenvalue weighted by atomic mass is 10.1. The molecule has 2 rings (SSSR count). The number of benzene rings is 1. The Labute approximate surface area is 101 Å². The molecule has 0 aliphatic rings. The largest absolute Gasteiger partial charge is 0.350 e. The molecule has 1 amide bonds. The van der Waals surface area contributed by atoms with Gasteiger partial charge in [-0.2, -0.15) is 0 Å². The minimum absolute atomic E-state index is 0.0248. The van der Waals surface area contributed by atoms with Gasteiger partial charge in [-0.1, -0.05) is 18.7 Å². The fourth-order valence-electron chi connectivity index (χ4n) is 1.95. The zero-order valence-corrected chi connectivity index (χ0v) is 10.4. The van der Waals surface area contributed by atoms with Gasteiger partial charge < -0.3 is 9.47 Å². The first kappa shape index (κ1) is 11.5. The third-order valence-electron chi connectivity index (χ3n) is 2.89. The van der Waals surface area contributed by atoms with Gasteiger partial charge in [-0.3, -0.25) is 4.79 Å². The maximum Gasteiger partial charge on any atom is 0.255 e. The molecule has 0 aliphatic carbocycles. The third-order valence-corrected chi connectivity index (χ3v) is 2.89. The second-order valence-corrected chi connectivity index (χ2v) is 4.33. The first-order chi connectivity index (χ1) is 8.04. The molecular formula is C14H16N2O. The number of carbonyl (C=O) groups is 1. The van der Waals surface area contributed by atoms with Crippen molar-refractivity contribution in [2.24, 2.45) is 7.05 Å². The average Bonchev–Trinajstić information content (AvgIpc) is 2.65. The van der Waals surface area contributed by atoms with Gasteiger partial charge in [0.15, 0.2) is 0 Å². The minimum Gasteiger partial charge on any atom is -0.350 e. The molecule has 17 heavy (non-hydrogen) atoms. The van der Waals surface area contributed by atoms with Crippen LogP contribution in [0, 0.1) is 0 Å². The number of nitrogens with zero attached hydrogens (tertiary/aromatic N) is 2. The predicted molar refractivity (Wildman–Crippen MR) is 71.0 cm³/mol. The summed E-state index contributed by atoms with van der Waals surface area (Å²) in [5.74, 6) is 0.0248. The van der Waals surface area contributed by atoms with Crippen molar-refractivity contribution >= 4 is 22.9 Å². The Balaban J connectivity index is 2.71. The van der Waals surface area contributed by atoms with E-state index >= 15 is 0 Å². The van der Waals surface area contributed by atoms with E-state index < -0.39 is 0 Å². The number of aryl methyl sites for hydroxylation is 1. The van der Waals surface area contributed by atoms with E-state index in [0.29, 0.717) is 0 Å². The van der Waals surface area contributed by atoms with E-state index in [-0.39, 0.29) is 5.91 Å². The van der Waals surface area contributed by atoms with Crippen molar-refractivity contribution < 1.29 is 4.79 Å². The number of rotatable bonds is 2. The van der Waals surface area contributed by atoms with E-state index in [2.05, 4.69) is 6.58 Å². The van der Waals surface area contributed by atoms with Gasteiger partial charge in [0.2, 0.25) is 0 Å². The molecule has 0 atom stereocenters. The highest BCUT2D eigenvalue weighted by Crippen LogP contribution is 2.23. The Bertz CT molecular complexity index is 594. The molecule has 0 fully saturated rings. The highest BCUT2D eigenvalue weighted by atomic mass is 16.2. The molecular weight excluding hydrogens is 212 g/mol. The maximum atomic E-state index is 12.1. The molecule has 3 heteroatoms. The average molecular weight is 228 g/mol. The molecule has 0 saturated heterocycles. The Morgan fingerprint density at radius 1 is 1.41 bits per heavy atom. The van der Waals surface area contributed by atoms with Crippen molar-refractivity contribution in [3.63, 3.8) is 0 Å². The summed E-state index contributed by atoms with van der Waals surface area (Å²) < 4.78 is 1.97. The van der Waals surface area contributed by atoms with E-state index in [4.69, 9.17) is 0 Å². The fourth-order valence-corrected chi connectivity index (χ4v) is 1.95. The zero-order valence-electron chi connectivity index (χ0n) is 10.4. The highest BCUT2D eigenvalue weighted by Gasteiger charge is 2.15. The van der Waals surface area contributed by atoms with Crippen LogP contribution in [0.25, 0.3) is 17.0 Å². The van der Waals surface area contributed by atoms with Gasteiger partial charge in [-0.15, -0.1) is 0 Å². The molecule has 3 nitrogen and oxygen atoms in total. The van der Waals surface area contributed by atoms with E-state index in [1.165, 1.54) is 0 Å². The quantitative estimate of drug-likeness (QED) is 0.775. The lowest BCUT2D eigenvalue weighted by Gasteiger charge is -2.08. The van der Waals surface area contributed by atoms with Crippen molar-refractivity contribution in [2.45, 2.75) is 0 Å². The Hall–Kier alpha value is -2.03. The van der Waals surface area contributed by atoms with Crippen LogP contribution in [0.1, 0.15) is 15.9 Å². The molecule has 0 bridgehead atoms. The molecule has 0 radical (unpaired) electrons. The molecule has 0 saturated carbocycles. The SMILES string of the molecule is C=Cc1ccc2c(c1)c(C(=O)N(C)C)cn2C. The van der Waals surface area contributed by atoms with Crippen molar-refractivity contribution in [3.05, 3.63) is 42.1 Å². The summed E-state index contributed by atoms with van der Waals surface area (Å²) in [6.45, 7) is 3.75. The molecule has 1 heterocycles. The number of hydrogen-bond acceptors (Lipinski definition) is 1. The smallest absolute Gasteiger partial charge is 0.255 e. The lowest BCUT2D eigenvalue weighted by Crippen LogP contribution is -2.21. The van der Waals surface area contributed by atoms with Gasteiger partial charge in [0.1, 0.15) is 0 Å². The van der Waals surface area contributed by atoms with E-state index in [1.54, 1.807) is 25.1 Å². The number of hydrogen-bond donors (Lipinski definition) is 0. The number of aromatic nitrogens is 1. The summed E-state index contributed by atoms with van der Waals surface area (Å²) in [4.78, 5) is 13.7. The predicted octanol–water partition coefficient (Wildman–Crippen LogP) is 2.52. The Morgan fingerprint density at radius 2 is 2.12 bits per heavy atom. The van der Waals surface area contributed by atoms with Gasteiger partial charge in [0.05, 0.1) is 5.56 Å². The molecule has 0 spiro atoms. The summed E-state index contributed by atoms with van der Waals surface area (Å²) in [5.41, 5.74) is 2.81. The molecule has 1 aromatic carbocycles. The molecule has 1 aromatic heterocycles. The highest BCUT2D eigenvalue weighted by molar-refractivity contribution is 6.07. The van der Waals surface area contributed by atoms with Gasteiger partial charge in [0, 0.05) is 38.2 Å². The molecule has 88 valence electrons. The first-order valence-corrected chi connectivity index (χ1v) is 5.47. The molecule has 2 aromatic rings. The van der Waals surface area contributed by atoms with Gasteiger partial charge >= 0.3 is 0 Å². The summed E-state index contributed by atoms with van der Waals surface area (Å²) in [6.07, 6.45) is 3.66. The third kappa shape index (κ3) is 1.84. The summed E-state index contributed by atoms with van der Waals surface area (Å²) in [5, 5.41) is 0.976. The van der Waals surface area contributed by atoms with Crippen LogP contribution in [0.5, 0.6) is 0 Å². The second-order valence-electron chi connectivity index (χ2n) is 4.33. The van der Waals surface area contributed by atoms with Crippen molar-refractivity contribution in [3.8, 4) is 0 Å². The van der Waals surface area contributed by atoms with Gasteiger partial charge in [-0.25, -0.2) is 0 Å². The fraction of sp³-hybridized carbons (Fsp3) is 0.214. The first-order valence-electron chi connectivity index (χ1n) is 5.47. The van der Waals surface area contributed by atoms with Crippen LogP contribution in [0.2, 0.25) is 0 Å². The normalized spacial score (nSPS) is 10.5. The van der Waals surface area contributed by atoms with Gasteiger partial charge in [-0.05, 0) is 17.7 Å². The summed E-state index contributed by atoms with van der Waals surface area (Å²) >= 11 is 0. The molecule has 0 N–H and O–H groups in total. The van der Waals surface area contributed by atoms with Crippen molar-refractivity contribution in [2.75, 3.05) is 14.1 Å². The zero-order chi connectivity index (χ0) is 12.6. The van der Waals surface area contributed by atoms with Gasteiger partial charge in [0.25, 0.3) is 5.91 Å². The Kier molecular flexibility index (Phi) is 2.76. The molecule has 0 unspecified atom stereocenters. The van der Waals surface area contributed by atoms with Crippen LogP contribution >= 0.6 is 0 Å². The standard InChI is InChI=1S/C14H16N2O/c1-5-10-6-7-13-11(8-10)12(9-16(13)4)14(17)15(2)3/h5-9H,1H2,2-4H3. The minimum atomic E-state index is 0.0248. The topological polar surface area (TPSA) is 25.2 Å². The lowest BCUT2D eigenvalue weighted by molar-refractivity contribution is 0.0829. The van der Waals surface area contributed by atoms with Crippen LogP contribution in [-0.4, -0.2) is 29.5 Å². The summed E-state index contributed by atoms with van der Waals surface area (Å²) in [6, 6.07) is 6.01. The van der Waals surface area contributed by atoms with E-state index in [9.17, 15) is 4.79 Å². The number of carbonyl (C=O) groups excluding carboxylic acids is 1. The van der Waals surface area contributed by atoms with Crippen molar-refractivity contribution in [1.82, 2.24) is 9.47 Å².